The third-order valence-corrected chi connectivity index (χ3v) is 2.46. The Morgan fingerprint density at radius 1 is 1.36 bits per heavy atom. The van der Waals surface area contributed by atoms with Crippen molar-refractivity contribution < 1.29 is 4.74 Å². The van der Waals surface area contributed by atoms with Crippen LogP contribution < -0.4 is 5.32 Å². The minimum absolute atomic E-state index is 0.622. The molecule has 14 heavy (non-hydrogen) atoms. The Balaban J connectivity index is 3.52. The van der Waals surface area contributed by atoms with Crippen LogP contribution in [-0.4, -0.2) is 50.8 Å². The smallest absolute Gasteiger partial charge is 0.0587 e. The molecule has 0 bridgehead atoms. The number of hydrogen-bond acceptors (Lipinski definition) is 3. The molecule has 0 aromatic carbocycles. The summed E-state index contributed by atoms with van der Waals surface area (Å²) in [6.07, 6.45) is 1.23. The third kappa shape index (κ3) is 6.35. The van der Waals surface area contributed by atoms with Crippen LogP contribution in [0.15, 0.2) is 0 Å². The van der Waals surface area contributed by atoms with E-state index in [0.717, 1.165) is 26.2 Å². The van der Waals surface area contributed by atoms with Gasteiger partial charge in [-0.25, -0.2) is 0 Å². The van der Waals surface area contributed by atoms with E-state index in [9.17, 15) is 0 Å². The highest BCUT2D eigenvalue weighted by Gasteiger charge is 2.09. The maximum Gasteiger partial charge on any atom is 0.0587 e. The van der Waals surface area contributed by atoms with Crippen molar-refractivity contribution in [1.29, 1.82) is 0 Å². The second-order valence-corrected chi connectivity index (χ2v) is 3.67. The van der Waals surface area contributed by atoms with Crippen molar-refractivity contribution in [3.63, 3.8) is 0 Å². The highest BCUT2D eigenvalue weighted by Crippen LogP contribution is 1.98. The summed E-state index contributed by atoms with van der Waals surface area (Å²) in [4.78, 5) is 2.50. The first-order valence-corrected chi connectivity index (χ1v) is 5.69. The van der Waals surface area contributed by atoms with E-state index in [2.05, 4.69) is 31.0 Å². The molecule has 0 aliphatic rings. The Labute approximate surface area is 88.8 Å². The molecule has 3 nitrogen and oxygen atoms in total. The van der Waals surface area contributed by atoms with Gasteiger partial charge in [0.2, 0.25) is 0 Å². The fourth-order valence-electron chi connectivity index (χ4n) is 1.59. The number of nitrogens with one attached hydrogen (secondary N) is 1. The van der Waals surface area contributed by atoms with Gasteiger partial charge in [-0.3, -0.25) is 4.90 Å². The fourth-order valence-corrected chi connectivity index (χ4v) is 1.59. The summed E-state index contributed by atoms with van der Waals surface area (Å²) in [5, 5.41) is 3.39. The number of methoxy groups -OCH3 is 1. The summed E-state index contributed by atoms with van der Waals surface area (Å²) in [7, 11) is 1.74. The lowest BCUT2D eigenvalue weighted by Crippen LogP contribution is -2.41. The van der Waals surface area contributed by atoms with E-state index < -0.39 is 0 Å². The minimum Gasteiger partial charge on any atom is -0.383 e. The molecule has 0 aliphatic heterocycles. The van der Waals surface area contributed by atoms with Gasteiger partial charge in [0.05, 0.1) is 6.61 Å². The average molecular weight is 202 g/mol. The highest BCUT2D eigenvalue weighted by atomic mass is 16.5. The van der Waals surface area contributed by atoms with E-state index in [0.29, 0.717) is 6.04 Å². The van der Waals surface area contributed by atoms with Gasteiger partial charge in [-0.15, -0.1) is 0 Å². The summed E-state index contributed by atoms with van der Waals surface area (Å²) in [5.41, 5.74) is 0. The molecule has 0 aromatic rings. The first-order valence-electron chi connectivity index (χ1n) is 5.69. The molecule has 3 heteroatoms. The number of hydrogen-bond donors (Lipinski definition) is 1. The van der Waals surface area contributed by atoms with Gasteiger partial charge in [-0.05, 0) is 26.4 Å². The third-order valence-electron chi connectivity index (χ3n) is 2.46. The molecule has 0 saturated heterocycles. The SMILES string of the molecule is CCCN(CC)C(C)CNCCOC. The van der Waals surface area contributed by atoms with Gasteiger partial charge in [-0.2, -0.15) is 0 Å². The largest absolute Gasteiger partial charge is 0.383 e. The van der Waals surface area contributed by atoms with Crippen LogP contribution >= 0.6 is 0 Å². The lowest BCUT2D eigenvalue weighted by molar-refractivity contribution is 0.185. The van der Waals surface area contributed by atoms with Gasteiger partial charge < -0.3 is 10.1 Å². The van der Waals surface area contributed by atoms with E-state index in [1.54, 1.807) is 7.11 Å². The summed E-state index contributed by atoms with van der Waals surface area (Å²) in [5.74, 6) is 0. The van der Waals surface area contributed by atoms with Gasteiger partial charge in [0, 0.05) is 26.2 Å². The maximum atomic E-state index is 4.98. The van der Waals surface area contributed by atoms with Crippen molar-refractivity contribution in [2.75, 3.05) is 39.9 Å². The fraction of sp³-hybridized carbons (Fsp3) is 1.00. The normalized spacial score (nSPS) is 13.5. The van der Waals surface area contributed by atoms with Crippen molar-refractivity contribution in [2.24, 2.45) is 0 Å². The molecular weight excluding hydrogens is 176 g/mol. The minimum atomic E-state index is 0.622. The number of rotatable bonds is 9. The quantitative estimate of drug-likeness (QED) is 0.571. The molecule has 0 rings (SSSR count). The van der Waals surface area contributed by atoms with Crippen LogP contribution in [0, 0.1) is 0 Å². The Bertz CT molecular complexity index is 120. The van der Waals surface area contributed by atoms with Crippen LogP contribution in [0.2, 0.25) is 0 Å². The van der Waals surface area contributed by atoms with Gasteiger partial charge in [0.15, 0.2) is 0 Å². The standard InChI is InChI=1S/C11H26N2O/c1-5-8-13(6-2)11(3)10-12-7-9-14-4/h11-12H,5-10H2,1-4H3. The second-order valence-electron chi connectivity index (χ2n) is 3.67. The predicted molar refractivity (Wildman–Crippen MR) is 61.7 cm³/mol. The molecule has 0 fully saturated rings. The Kier molecular flexibility index (Phi) is 9.35. The molecule has 0 amide bonds. The van der Waals surface area contributed by atoms with E-state index >= 15 is 0 Å². The predicted octanol–water partition coefficient (Wildman–Crippen LogP) is 1.34. The summed E-state index contributed by atoms with van der Waals surface area (Å²) >= 11 is 0. The van der Waals surface area contributed by atoms with Crippen molar-refractivity contribution >= 4 is 0 Å². The van der Waals surface area contributed by atoms with Crippen LogP contribution in [-0.2, 0) is 4.74 Å². The molecule has 0 aromatic heterocycles. The molecule has 1 unspecified atom stereocenters. The number of ether oxygens (including phenoxy) is 1. The summed E-state index contributed by atoms with van der Waals surface area (Å²) in [6, 6.07) is 0.622. The van der Waals surface area contributed by atoms with Crippen LogP contribution in [0.1, 0.15) is 27.2 Å². The number of likely N-dealkylation sites (N-methyl/N-ethyl adjacent to an activating group) is 1. The van der Waals surface area contributed by atoms with E-state index in [1.807, 2.05) is 0 Å². The first-order chi connectivity index (χ1) is 6.76. The molecular formula is C11H26N2O. The van der Waals surface area contributed by atoms with Crippen LogP contribution in [0.4, 0.5) is 0 Å². The Morgan fingerprint density at radius 2 is 2.07 bits per heavy atom. The molecule has 0 heterocycles. The lowest BCUT2D eigenvalue weighted by atomic mass is 10.2. The van der Waals surface area contributed by atoms with Crippen molar-refractivity contribution in [1.82, 2.24) is 10.2 Å². The molecule has 0 spiro atoms. The summed E-state index contributed by atoms with van der Waals surface area (Å²) in [6.45, 7) is 11.9. The maximum absolute atomic E-state index is 4.98. The first kappa shape index (κ1) is 13.9. The van der Waals surface area contributed by atoms with Gasteiger partial charge in [0.25, 0.3) is 0 Å². The van der Waals surface area contributed by atoms with Crippen molar-refractivity contribution in [3.8, 4) is 0 Å². The molecule has 1 atom stereocenters. The van der Waals surface area contributed by atoms with Crippen LogP contribution in [0.5, 0.6) is 0 Å². The second kappa shape index (κ2) is 9.44. The van der Waals surface area contributed by atoms with E-state index in [4.69, 9.17) is 4.74 Å². The van der Waals surface area contributed by atoms with E-state index in [-0.39, 0.29) is 0 Å². The monoisotopic (exact) mass is 202 g/mol. The number of nitrogens with zero attached hydrogens (tertiary/aromatic N) is 1. The highest BCUT2D eigenvalue weighted by molar-refractivity contribution is 4.67. The topological polar surface area (TPSA) is 24.5 Å². The van der Waals surface area contributed by atoms with Crippen LogP contribution in [0.3, 0.4) is 0 Å². The lowest BCUT2D eigenvalue weighted by Gasteiger charge is -2.27. The molecule has 1 N–H and O–H groups in total. The van der Waals surface area contributed by atoms with E-state index in [1.165, 1.54) is 13.0 Å². The van der Waals surface area contributed by atoms with Crippen molar-refractivity contribution in [3.05, 3.63) is 0 Å². The zero-order chi connectivity index (χ0) is 10.8. The molecule has 86 valence electrons. The Morgan fingerprint density at radius 3 is 2.57 bits per heavy atom. The summed E-state index contributed by atoms with van der Waals surface area (Å²) < 4.78 is 4.98. The molecule has 0 saturated carbocycles. The zero-order valence-corrected chi connectivity index (χ0v) is 10.2. The van der Waals surface area contributed by atoms with Crippen LogP contribution in [0.25, 0.3) is 0 Å². The van der Waals surface area contributed by atoms with Gasteiger partial charge >= 0.3 is 0 Å². The average Bonchev–Trinajstić information content (AvgIpc) is 2.20. The molecule has 0 aliphatic carbocycles. The molecule has 0 radical (unpaired) electrons. The van der Waals surface area contributed by atoms with Gasteiger partial charge in [0.1, 0.15) is 0 Å². The Hall–Kier alpha value is -0.120. The zero-order valence-electron chi connectivity index (χ0n) is 10.2. The van der Waals surface area contributed by atoms with Gasteiger partial charge in [-0.1, -0.05) is 13.8 Å². The van der Waals surface area contributed by atoms with Crippen molar-refractivity contribution in [2.45, 2.75) is 33.2 Å².